The number of nitrogens with two attached hydrogens (primary N) is 1. The van der Waals surface area contributed by atoms with E-state index in [1.165, 1.54) is 18.5 Å². The Morgan fingerprint density at radius 2 is 2.36 bits per heavy atom. The fraction of sp³-hybridized carbons (Fsp3) is 0.727. The van der Waals surface area contributed by atoms with Gasteiger partial charge in [0.2, 0.25) is 0 Å². The molecule has 1 fully saturated rings. The Morgan fingerprint density at radius 1 is 1.64 bits per heavy atom. The van der Waals surface area contributed by atoms with Crippen molar-refractivity contribution in [2.75, 3.05) is 0 Å². The molecule has 1 atom stereocenters. The smallest absolute Gasteiger partial charge is 0.0642 e. The van der Waals surface area contributed by atoms with Crippen molar-refractivity contribution in [3.05, 3.63) is 17.5 Å². The van der Waals surface area contributed by atoms with Crippen LogP contribution in [0.25, 0.3) is 0 Å². The molecule has 3 heteroatoms. The fourth-order valence-corrected chi connectivity index (χ4v) is 1.88. The van der Waals surface area contributed by atoms with Crippen LogP contribution in [0.4, 0.5) is 0 Å². The van der Waals surface area contributed by atoms with Gasteiger partial charge in [0, 0.05) is 30.6 Å². The Morgan fingerprint density at radius 3 is 2.86 bits per heavy atom. The van der Waals surface area contributed by atoms with Crippen molar-refractivity contribution < 1.29 is 0 Å². The quantitative estimate of drug-likeness (QED) is 0.790. The minimum atomic E-state index is 0.210. The number of aromatic nitrogens is 2. The second kappa shape index (κ2) is 3.73. The van der Waals surface area contributed by atoms with Crippen molar-refractivity contribution in [1.29, 1.82) is 0 Å². The molecule has 0 bridgehead atoms. The first-order valence-corrected chi connectivity index (χ1v) is 5.53. The highest BCUT2D eigenvalue weighted by Gasteiger charge is 2.27. The summed E-state index contributed by atoms with van der Waals surface area (Å²) >= 11 is 0. The Balaban J connectivity index is 2.17. The molecule has 1 aromatic heterocycles. The highest BCUT2D eigenvalue weighted by atomic mass is 15.3. The maximum absolute atomic E-state index is 5.77. The lowest BCUT2D eigenvalue weighted by Crippen LogP contribution is -2.18. The van der Waals surface area contributed by atoms with Gasteiger partial charge < -0.3 is 5.73 Å². The van der Waals surface area contributed by atoms with Crippen LogP contribution >= 0.6 is 0 Å². The minimum Gasteiger partial charge on any atom is -0.328 e. The van der Waals surface area contributed by atoms with E-state index in [2.05, 4.69) is 22.8 Å². The third-order valence-corrected chi connectivity index (χ3v) is 2.69. The van der Waals surface area contributed by atoms with Crippen LogP contribution in [-0.2, 0) is 13.0 Å². The average Bonchev–Trinajstić information content (AvgIpc) is 2.88. The molecule has 0 radical (unpaired) electrons. The molecule has 78 valence electrons. The summed E-state index contributed by atoms with van der Waals surface area (Å²) in [6, 6.07) is 2.45. The van der Waals surface area contributed by atoms with E-state index < -0.39 is 0 Å². The van der Waals surface area contributed by atoms with Gasteiger partial charge in [-0.3, -0.25) is 4.68 Å². The van der Waals surface area contributed by atoms with E-state index in [1.54, 1.807) is 0 Å². The van der Waals surface area contributed by atoms with E-state index in [0.29, 0.717) is 0 Å². The Labute approximate surface area is 85.3 Å². The van der Waals surface area contributed by atoms with Gasteiger partial charge in [-0.2, -0.15) is 5.10 Å². The lowest BCUT2D eigenvalue weighted by atomic mass is 10.2. The van der Waals surface area contributed by atoms with Crippen molar-refractivity contribution in [2.24, 2.45) is 5.73 Å². The number of hydrogen-bond acceptors (Lipinski definition) is 2. The van der Waals surface area contributed by atoms with Crippen LogP contribution in [0.2, 0.25) is 0 Å². The lowest BCUT2D eigenvalue weighted by molar-refractivity contribution is 0.605. The molecule has 3 nitrogen and oxygen atoms in total. The second-order valence-corrected chi connectivity index (χ2v) is 4.33. The number of nitrogens with zero attached hydrogens (tertiary/aromatic N) is 2. The molecule has 1 aromatic rings. The monoisotopic (exact) mass is 193 g/mol. The van der Waals surface area contributed by atoms with E-state index in [0.717, 1.165) is 24.6 Å². The van der Waals surface area contributed by atoms with E-state index in [1.807, 2.05) is 6.92 Å². The van der Waals surface area contributed by atoms with Crippen molar-refractivity contribution in [3.63, 3.8) is 0 Å². The highest BCUT2D eigenvalue weighted by Crippen LogP contribution is 2.40. The van der Waals surface area contributed by atoms with E-state index in [4.69, 9.17) is 5.73 Å². The summed E-state index contributed by atoms with van der Waals surface area (Å²) in [6.07, 6.45) is 3.57. The normalized spacial score (nSPS) is 18.5. The molecule has 1 unspecified atom stereocenters. The minimum absolute atomic E-state index is 0.210. The first-order chi connectivity index (χ1) is 6.70. The summed E-state index contributed by atoms with van der Waals surface area (Å²) in [5.41, 5.74) is 8.34. The molecule has 0 amide bonds. The summed E-state index contributed by atoms with van der Waals surface area (Å²) in [6.45, 7) is 5.15. The third-order valence-electron chi connectivity index (χ3n) is 2.69. The Bertz CT molecular complexity index is 310. The predicted molar refractivity (Wildman–Crippen MR) is 57.2 cm³/mol. The fourth-order valence-electron chi connectivity index (χ4n) is 1.88. The first-order valence-electron chi connectivity index (χ1n) is 5.53. The van der Waals surface area contributed by atoms with Gasteiger partial charge in [-0.1, -0.05) is 0 Å². The van der Waals surface area contributed by atoms with E-state index >= 15 is 0 Å². The van der Waals surface area contributed by atoms with Gasteiger partial charge in [-0.15, -0.1) is 0 Å². The van der Waals surface area contributed by atoms with Gasteiger partial charge in [0.25, 0.3) is 0 Å². The molecular weight excluding hydrogens is 174 g/mol. The predicted octanol–water partition coefficient (Wildman–Crippen LogP) is 1.67. The summed E-state index contributed by atoms with van der Waals surface area (Å²) in [7, 11) is 0. The van der Waals surface area contributed by atoms with Crippen LogP contribution in [0, 0.1) is 0 Å². The van der Waals surface area contributed by atoms with Gasteiger partial charge in [-0.25, -0.2) is 0 Å². The van der Waals surface area contributed by atoms with Gasteiger partial charge in [0.15, 0.2) is 0 Å². The van der Waals surface area contributed by atoms with Gasteiger partial charge in [-0.05, 0) is 32.8 Å². The highest BCUT2D eigenvalue weighted by molar-refractivity contribution is 5.19. The molecule has 14 heavy (non-hydrogen) atoms. The van der Waals surface area contributed by atoms with E-state index in [9.17, 15) is 0 Å². The summed E-state index contributed by atoms with van der Waals surface area (Å²) in [4.78, 5) is 0. The average molecular weight is 193 g/mol. The zero-order chi connectivity index (χ0) is 10.1. The molecular formula is C11H19N3. The van der Waals surface area contributed by atoms with Crippen LogP contribution in [0.1, 0.15) is 44.0 Å². The summed E-state index contributed by atoms with van der Waals surface area (Å²) < 4.78 is 2.13. The SMILES string of the molecule is CCn1nc(CC(C)N)cc1C1CC1. The third kappa shape index (κ3) is 1.98. The van der Waals surface area contributed by atoms with Crippen LogP contribution in [0.3, 0.4) is 0 Å². The summed E-state index contributed by atoms with van der Waals surface area (Å²) in [5, 5.41) is 4.57. The van der Waals surface area contributed by atoms with Crippen LogP contribution in [0.15, 0.2) is 6.07 Å². The molecule has 0 aliphatic heterocycles. The van der Waals surface area contributed by atoms with Crippen molar-refractivity contribution in [3.8, 4) is 0 Å². The van der Waals surface area contributed by atoms with Crippen LogP contribution < -0.4 is 5.73 Å². The number of rotatable bonds is 4. The Kier molecular flexibility index (Phi) is 2.59. The van der Waals surface area contributed by atoms with Crippen LogP contribution in [-0.4, -0.2) is 15.8 Å². The van der Waals surface area contributed by atoms with Gasteiger partial charge in [0.05, 0.1) is 5.69 Å². The van der Waals surface area contributed by atoms with Crippen molar-refractivity contribution in [2.45, 2.75) is 51.6 Å². The maximum Gasteiger partial charge on any atom is 0.0642 e. The zero-order valence-corrected chi connectivity index (χ0v) is 9.03. The molecule has 0 spiro atoms. The second-order valence-electron chi connectivity index (χ2n) is 4.33. The largest absolute Gasteiger partial charge is 0.328 e. The Hall–Kier alpha value is -0.830. The number of aryl methyl sites for hydroxylation is 1. The lowest BCUT2D eigenvalue weighted by Gasteiger charge is -2.01. The molecule has 1 heterocycles. The van der Waals surface area contributed by atoms with Gasteiger partial charge >= 0.3 is 0 Å². The molecule has 1 aliphatic carbocycles. The van der Waals surface area contributed by atoms with Crippen molar-refractivity contribution >= 4 is 0 Å². The topological polar surface area (TPSA) is 43.8 Å². The summed E-state index contributed by atoms with van der Waals surface area (Å²) in [5.74, 6) is 0.782. The van der Waals surface area contributed by atoms with Crippen LogP contribution in [0.5, 0.6) is 0 Å². The molecule has 0 saturated heterocycles. The standard InChI is InChI=1S/C11H19N3/c1-3-14-11(9-4-5-9)7-10(13-14)6-8(2)12/h7-9H,3-6,12H2,1-2H3. The molecule has 1 saturated carbocycles. The van der Waals surface area contributed by atoms with Gasteiger partial charge in [0.1, 0.15) is 0 Å². The van der Waals surface area contributed by atoms with Crippen molar-refractivity contribution in [1.82, 2.24) is 9.78 Å². The molecule has 0 aromatic carbocycles. The molecule has 2 N–H and O–H groups in total. The maximum atomic E-state index is 5.77. The number of hydrogen-bond donors (Lipinski definition) is 1. The zero-order valence-electron chi connectivity index (χ0n) is 9.03. The molecule has 1 aliphatic rings. The first kappa shape index (κ1) is 9.71. The van der Waals surface area contributed by atoms with E-state index in [-0.39, 0.29) is 6.04 Å². The molecule has 2 rings (SSSR count).